The number of carbonyl (C=O) groups is 1. The highest BCUT2D eigenvalue weighted by molar-refractivity contribution is 5.76. The molecule has 0 spiro atoms. The second-order valence-corrected chi connectivity index (χ2v) is 6.51. The third-order valence-electron chi connectivity index (χ3n) is 4.25. The number of benzene rings is 1. The van der Waals surface area contributed by atoms with Gasteiger partial charge in [-0.1, -0.05) is 12.1 Å². The summed E-state index contributed by atoms with van der Waals surface area (Å²) >= 11 is 0. The van der Waals surface area contributed by atoms with Gasteiger partial charge in [0, 0.05) is 57.9 Å². The first-order valence-electron chi connectivity index (χ1n) is 8.51. The van der Waals surface area contributed by atoms with Gasteiger partial charge < -0.3 is 20.0 Å². The molecular weight excluding hydrogens is 288 g/mol. The number of nitrogens with one attached hydrogen (secondary N) is 1. The SMILES string of the molecule is Cc1cccc(N2CCN(C(=O)CCNCCN(C)C)CC2)c1. The number of likely N-dealkylation sites (N-methyl/N-ethyl adjacent to an activating group) is 1. The minimum atomic E-state index is 0.270. The second-order valence-electron chi connectivity index (χ2n) is 6.51. The van der Waals surface area contributed by atoms with Crippen molar-refractivity contribution in [3.63, 3.8) is 0 Å². The zero-order valence-corrected chi connectivity index (χ0v) is 14.7. The predicted molar refractivity (Wildman–Crippen MR) is 96.0 cm³/mol. The molecule has 1 heterocycles. The highest BCUT2D eigenvalue weighted by Crippen LogP contribution is 2.17. The summed E-state index contributed by atoms with van der Waals surface area (Å²) in [6.07, 6.45) is 0.595. The minimum absolute atomic E-state index is 0.270. The van der Waals surface area contributed by atoms with Crippen LogP contribution in [-0.2, 0) is 4.79 Å². The molecule has 128 valence electrons. The van der Waals surface area contributed by atoms with Crippen LogP contribution in [0.15, 0.2) is 24.3 Å². The molecule has 0 aliphatic carbocycles. The first-order valence-corrected chi connectivity index (χ1v) is 8.51. The van der Waals surface area contributed by atoms with E-state index in [9.17, 15) is 4.79 Å². The van der Waals surface area contributed by atoms with Gasteiger partial charge in [-0.3, -0.25) is 4.79 Å². The van der Waals surface area contributed by atoms with E-state index >= 15 is 0 Å². The smallest absolute Gasteiger partial charge is 0.223 e. The molecule has 1 aromatic rings. The van der Waals surface area contributed by atoms with E-state index in [1.165, 1.54) is 11.3 Å². The molecule has 5 heteroatoms. The van der Waals surface area contributed by atoms with Crippen LogP contribution in [0.25, 0.3) is 0 Å². The Balaban J connectivity index is 1.68. The Labute approximate surface area is 140 Å². The molecule has 1 aliphatic rings. The normalized spacial score (nSPS) is 15.3. The maximum absolute atomic E-state index is 12.2. The molecule has 0 bridgehead atoms. The van der Waals surface area contributed by atoms with Crippen LogP contribution in [0, 0.1) is 6.92 Å². The van der Waals surface area contributed by atoms with Gasteiger partial charge in [0.15, 0.2) is 0 Å². The van der Waals surface area contributed by atoms with Crippen LogP contribution in [0.1, 0.15) is 12.0 Å². The largest absolute Gasteiger partial charge is 0.368 e. The number of aryl methyl sites for hydroxylation is 1. The van der Waals surface area contributed by atoms with E-state index in [2.05, 4.69) is 60.4 Å². The topological polar surface area (TPSA) is 38.8 Å². The van der Waals surface area contributed by atoms with Crippen LogP contribution in [-0.4, -0.2) is 75.6 Å². The Bertz CT molecular complexity index is 496. The fourth-order valence-corrected chi connectivity index (χ4v) is 2.82. The van der Waals surface area contributed by atoms with Crippen molar-refractivity contribution in [3.8, 4) is 0 Å². The number of rotatable bonds is 7. The number of carbonyl (C=O) groups excluding carboxylic acids is 1. The van der Waals surface area contributed by atoms with Crippen LogP contribution >= 0.6 is 0 Å². The van der Waals surface area contributed by atoms with Crippen molar-refractivity contribution >= 4 is 11.6 Å². The zero-order chi connectivity index (χ0) is 16.7. The van der Waals surface area contributed by atoms with Crippen LogP contribution in [0.4, 0.5) is 5.69 Å². The van der Waals surface area contributed by atoms with Crippen LogP contribution in [0.2, 0.25) is 0 Å². The Morgan fingerprint density at radius 1 is 1.17 bits per heavy atom. The zero-order valence-electron chi connectivity index (χ0n) is 14.7. The number of hydrogen-bond donors (Lipinski definition) is 1. The van der Waals surface area contributed by atoms with E-state index in [-0.39, 0.29) is 5.91 Å². The number of amides is 1. The van der Waals surface area contributed by atoms with Crippen molar-refractivity contribution in [1.29, 1.82) is 0 Å². The van der Waals surface area contributed by atoms with E-state index in [1.807, 2.05) is 4.90 Å². The maximum atomic E-state index is 12.2. The lowest BCUT2D eigenvalue weighted by molar-refractivity contribution is -0.131. The van der Waals surface area contributed by atoms with E-state index in [0.29, 0.717) is 6.42 Å². The highest BCUT2D eigenvalue weighted by atomic mass is 16.2. The molecule has 1 aliphatic heterocycles. The fourth-order valence-electron chi connectivity index (χ4n) is 2.82. The average molecular weight is 318 g/mol. The first kappa shape index (κ1) is 17.8. The van der Waals surface area contributed by atoms with Crippen molar-refractivity contribution in [2.75, 3.05) is 64.8 Å². The standard InChI is InChI=1S/C18H30N4O/c1-16-5-4-6-17(15-16)21-11-13-22(14-12-21)18(23)7-8-19-9-10-20(2)3/h4-6,15,19H,7-14H2,1-3H3. The molecule has 2 rings (SSSR count). The van der Waals surface area contributed by atoms with E-state index < -0.39 is 0 Å². The lowest BCUT2D eigenvalue weighted by atomic mass is 10.2. The molecule has 0 aromatic heterocycles. The van der Waals surface area contributed by atoms with Crippen LogP contribution < -0.4 is 10.2 Å². The summed E-state index contributed by atoms with van der Waals surface area (Å²) in [6.45, 7) is 8.31. The van der Waals surface area contributed by atoms with Gasteiger partial charge in [0.05, 0.1) is 0 Å². The summed E-state index contributed by atoms with van der Waals surface area (Å²) < 4.78 is 0. The van der Waals surface area contributed by atoms with Crippen molar-refractivity contribution in [2.24, 2.45) is 0 Å². The third-order valence-corrected chi connectivity index (χ3v) is 4.25. The van der Waals surface area contributed by atoms with Crippen molar-refractivity contribution in [3.05, 3.63) is 29.8 Å². The minimum Gasteiger partial charge on any atom is -0.368 e. The third kappa shape index (κ3) is 5.84. The summed E-state index contributed by atoms with van der Waals surface area (Å²) in [5, 5.41) is 3.33. The molecule has 23 heavy (non-hydrogen) atoms. The van der Waals surface area contributed by atoms with Gasteiger partial charge in [0.2, 0.25) is 5.91 Å². The molecular formula is C18H30N4O. The van der Waals surface area contributed by atoms with E-state index in [1.54, 1.807) is 0 Å². The van der Waals surface area contributed by atoms with Gasteiger partial charge in [0.25, 0.3) is 0 Å². The molecule has 0 unspecified atom stereocenters. The Morgan fingerprint density at radius 2 is 1.91 bits per heavy atom. The van der Waals surface area contributed by atoms with Gasteiger partial charge in [0.1, 0.15) is 0 Å². The molecule has 1 N–H and O–H groups in total. The lowest BCUT2D eigenvalue weighted by Crippen LogP contribution is -2.49. The molecule has 1 amide bonds. The summed E-state index contributed by atoms with van der Waals surface area (Å²) in [4.78, 5) is 18.8. The summed E-state index contributed by atoms with van der Waals surface area (Å²) in [5.41, 5.74) is 2.55. The van der Waals surface area contributed by atoms with Crippen LogP contribution in [0.3, 0.4) is 0 Å². The Hall–Kier alpha value is -1.59. The predicted octanol–water partition coefficient (Wildman–Crippen LogP) is 1.18. The van der Waals surface area contributed by atoms with Crippen LogP contribution in [0.5, 0.6) is 0 Å². The fraction of sp³-hybridized carbons (Fsp3) is 0.611. The van der Waals surface area contributed by atoms with Gasteiger partial charge in [-0.15, -0.1) is 0 Å². The maximum Gasteiger partial charge on any atom is 0.223 e. The van der Waals surface area contributed by atoms with Gasteiger partial charge in [-0.05, 0) is 38.7 Å². The molecule has 1 saturated heterocycles. The number of anilines is 1. The molecule has 1 fully saturated rings. The average Bonchev–Trinajstić information content (AvgIpc) is 2.54. The molecule has 0 saturated carbocycles. The van der Waals surface area contributed by atoms with Crippen molar-refractivity contribution in [1.82, 2.24) is 15.1 Å². The summed E-state index contributed by atoms with van der Waals surface area (Å²) in [7, 11) is 4.11. The monoisotopic (exact) mass is 318 g/mol. The van der Waals surface area contributed by atoms with Crippen molar-refractivity contribution < 1.29 is 4.79 Å². The van der Waals surface area contributed by atoms with Crippen molar-refractivity contribution in [2.45, 2.75) is 13.3 Å². The van der Waals surface area contributed by atoms with Gasteiger partial charge in [-0.25, -0.2) is 0 Å². The summed E-state index contributed by atoms with van der Waals surface area (Å²) in [6, 6.07) is 8.58. The van der Waals surface area contributed by atoms with E-state index in [4.69, 9.17) is 0 Å². The number of hydrogen-bond acceptors (Lipinski definition) is 4. The van der Waals surface area contributed by atoms with Gasteiger partial charge >= 0.3 is 0 Å². The Morgan fingerprint density at radius 3 is 2.57 bits per heavy atom. The lowest BCUT2D eigenvalue weighted by Gasteiger charge is -2.36. The second kappa shape index (κ2) is 8.89. The van der Waals surface area contributed by atoms with E-state index in [0.717, 1.165) is 45.8 Å². The summed E-state index contributed by atoms with van der Waals surface area (Å²) in [5.74, 6) is 0.270. The van der Waals surface area contributed by atoms with Gasteiger partial charge in [-0.2, -0.15) is 0 Å². The number of nitrogens with zero attached hydrogens (tertiary/aromatic N) is 3. The first-order chi connectivity index (χ1) is 11.1. The highest BCUT2D eigenvalue weighted by Gasteiger charge is 2.20. The molecule has 0 atom stereocenters. The molecule has 0 radical (unpaired) electrons. The quantitative estimate of drug-likeness (QED) is 0.767. The molecule has 5 nitrogen and oxygen atoms in total. The Kier molecular flexibility index (Phi) is 6.86. The number of piperazine rings is 1. The molecule has 1 aromatic carbocycles.